The van der Waals surface area contributed by atoms with Crippen molar-refractivity contribution in [2.75, 3.05) is 26.2 Å². The van der Waals surface area contributed by atoms with Crippen molar-refractivity contribution in [1.29, 1.82) is 0 Å². The number of rotatable bonds is 3. The molecule has 3 rings (SSSR count). The average molecular weight is 279 g/mol. The fourth-order valence-corrected chi connectivity index (χ4v) is 4.38. The van der Waals surface area contributed by atoms with Crippen molar-refractivity contribution in [2.24, 2.45) is 5.92 Å². The molecule has 2 aliphatic rings. The van der Waals surface area contributed by atoms with E-state index in [2.05, 4.69) is 22.5 Å². The molecular weight excluding hydrogens is 254 g/mol. The minimum absolute atomic E-state index is 0.599. The van der Waals surface area contributed by atoms with E-state index in [4.69, 9.17) is 4.98 Å². The Morgan fingerprint density at radius 1 is 1.32 bits per heavy atom. The van der Waals surface area contributed by atoms with Crippen LogP contribution in [0.15, 0.2) is 5.38 Å². The van der Waals surface area contributed by atoms with Crippen molar-refractivity contribution in [3.63, 3.8) is 0 Å². The Morgan fingerprint density at radius 3 is 2.89 bits per heavy atom. The van der Waals surface area contributed by atoms with Crippen molar-refractivity contribution in [3.05, 3.63) is 16.1 Å². The largest absolute Gasteiger partial charge is 0.317 e. The van der Waals surface area contributed by atoms with Gasteiger partial charge in [-0.3, -0.25) is 4.90 Å². The summed E-state index contributed by atoms with van der Waals surface area (Å²) in [6.07, 6.45) is 6.73. The molecule has 4 heteroatoms. The van der Waals surface area contributed by atoms with E-state index in [-0.39, 0.29) is 0 Å². The van der Waals surface area contributed by atoms with Gasteiger partial charge >= 0.3 is 0 Å². The van der Waals surface area contributed by atoms with E-state index < -0.39 is 0 Å². The topological polar surface area (TPSA) is 28.2 Å². The van der Waals surface area contributed by atoms with Gasteiger partial charge in [-0.2, -0.15) is 0 Å². The Labute approximate surface area is 120 Å². The summed E-state index contributed by atoms with van der Waals surface area (Å²) in [5, 5.41) is 7.02. The molecule has 2 saturated heterocycles. The van der Waals surface area contributed by atoms with Crippen LogP contribution in [0.1, 0.15) is 48.8 Å². The van der Waals surface area contributed by atoms with Gasteiger partial charge in [-0.1, -0.05) is 6.42 Å². The maximum atomic E-state index is 4.74. The van der Waals surface area contributed by atoms with Crippen molar-refractivity contribution >= 4 is 11.3 Å². The first kappa shape index (κ1) is 13.5. The van der Waals surface area contributed by atoms with Crippen molar-refractivity contribution < 1.29 is 0 Å². The lowest BCUT2D eigenvalue weighted by atomic mass is 9.94. The number of hydrogen-bond acceptors (Lipinski definition) is 4. The molecule has 106 valence electrons. The lowest BCUT2D eigenvalue weighted by molar-refractivity contribution is 0.115. The standard InChI is InChI=1S/C15H25N3S/c1-12-11-19-15(17-12)14-4-2-3-9-18(14)10-13-5-7-16-8-6-13/h11,13-14,16H,2-10H2,1H3. The molecule has 0 aliphatic carbocycles. The third kappa shape index (κ3) is 3.36. The number of nitrogens with zero attached hydrogens (tertiary/aromatic N) is 2. The van der Waals surface area contributed by atoms with E-state index in [1.807, 2.05) is 11.3 Å². The number of nitrogens with one attached hydrogen (secondary N) is 1. The molecule has 0 radical (unpaired) electrons. The first-order valence-electron chi connectivity index (χ1n) is 7.70. The maximum absolute atomic E-state index is 4.74. The molecule has 1 N–H and O–H groups in total. The molecule has 1 aromatic heterocycles. The van der Waals surface area contributed by atoms with E-state index in [1.165, 1.54) is 69.0 Å². The van der Waals surface area contributed by atoms with Gasteiger partial charge in [0, 0.05) is 17.6 Å². The third-order valence-corrected chi connectivity index (χ3v) is 5.55. The number of likely N-dealkylation sites (tertiary alicyclic amines) is 1. The molecule has 3 nitrogen and oxygen atoms in total. The van der Waals surface area contributed by atoms with E-state index in [0.717, 1.165) is 5.92 Å². The molecular formula is C15H25N3S. The molecule has 0 bridgehead atoms. The molecule has 3 heterocycles. The number of piperidine rings is 2. The molecule has 0 aromatic carbocycles. The summed E-state index contributed by atoms with van der Waals surface area (Å²) in [6.45, 7) is 7.08. The van der Waals surface area contributed by atoms with Crippen LogP contribution >= 0.6 is 11.3 Å². The normalized spacial score (nSPS) is 26.7. The molecule has 0 saturated carbocycles. The van der Waals surface area contributed by atoms with Crippen LogP contribution < -0.4 is 5.32 Å². The summed E-state index contributed by atoms with van der Waals surface area (Å²) in [6, 6.07) is 0.599. The lowest BCUT2D eigenvalue weighted by Crippen LogP contribution is -2.40. The second-order valence-electron chi connectivity index (χ2n) is 6.03. The third-order valence-electron chi connectivity index (χ3n) is 4.49. The lowest BCUT2D eigenvalue weighted by Gasteiger charge is -2.37. The Kier molecular flexibility index (Phi) is 4.51. The van der Waals surface area contributed by atoms with Crippen LogP contribution in [0.25, 0.3) is 0 Å². The van der Waals surface area contributed by atoms with Crippen molar-refractivity contribution in [2.45, 2.75) is 45.1 Å². The fourth-order valence-electron chi connectivity index (χ4n) is 3.41. The Morgan fingerprint density at radius 2 is 2.16 bits per heavy atom. The summed E-state index contributed by atoms with van der Waals surface area (Å²) < 4.78 is 0. The molecule has 1 aromatic rings. The number of hydrogen-bond donors (Lipinski definition) is 1. The Hall–Kier alpha value is -0.450. The van der Waals surface area contributed by atoms with E-state index in [0.29, 0.717) is 6.04 Å². The molecule has 1 atom stereocenters. The van der Waals surface area contributed by atoms with Gasteiger partial charge < -0.3 is 5.32 Å². The number of thiazole rings is 1. The van der Waals surface area contributed by atoms with Crippen LogP contribution in [0.5, 0.6) is 0 Å². The fraction of sp³-hybridized carbons (Fsp3) is 0.800. The minimum atomic E-state index is 0.599. The average Bonchev–Trinajstić information content (AvgIpc) is 2.87. The second-order valence-corrected chi connectivity index (χ2v) is 6.92. The van der Waals surface area contributed by atoms with Gasteiger partial charge in [0.25, 0.3) is 0 Å². The predicted molar refractivity (Wildman–Crippen MR) is 80.6 cm³/mol. The number of aromatic nitrogens is 1. The van der Waals surface area contributed by atoms with Gasteiger partial charge in [-0.15, -0.1) is 11.3 Å². The number of aryl methyl sites for hydroxylation is 1. The molecule has 19 heavy (non-hydrogen) atoms. The van der Waals surface area contributed by atoms with Crippen LogP contribution in [-0.2, 0) is 0 Å². The first-order valence-corrected chi connectivity index (χ1v) is 8.57. The highest BCUT2D eigenvalue weighted by Crippen LogP contribution is 2.33. The van der Waals surface area contributed by atoms with Crippen LogP contribution in [0.3, 0.4) is 0 Å². The molecule has 0 amide bonds. The van der Waals surface area contributed by atoms with Gasteiger partial charge in [0.15, 0.2) is 0 Å². The monoisotopic (exact) mass is 279 g/mol. The highest BCUT2D eigenvalue weighted by molar-refractivity contribution is 7.09. The minimum Gasteiger partial charge on any atom is -0.317 e. The van der Waals surface area contributed by atoms with Crippen LogP contribution in [0, 0.1) is 12.8 Å². The predicted octanol–water partition coefficient (Wildman–Crippen LogP) is 2.98. The molecule has 1 unspecified atom stereocenters. The van der Waals surface area contributed by atoms with Gasteiger partial charge in [0.1, 0.15) is 5.01 Å². The Bertz CT molecular complexity index is 398. The maximum Gasteiger partial charge on any atom is 0.110 e. The van der Waals surface area contributed by atoms with Crippen LogP contribution in [-0.4, -0.2) is 36.1 Å². The summed E-state index contributed by atoms with van der Waals surface area (Å²) in [5.74, 6) is 0.892. The summed E-state index contributed by atoms with van der Waals surface area (Å²) >= 11 is 1.86. The first-order chi connectivity index (χ1) is 9.33. The quantitative estimate of drug-likeness (QED) is 0.922. The zero-order chi connectivity index (χ0) is 13.1. The van der Waals surface area contributed by atoms with Gasteiger partial charge in [0.05, 0.1) is 6.04 Å². The Balaban J connectivity index is 1.66. The van der Waals surface area contributed by atoms with E-state index in [9.17, 15) is 0 Å². The molecule has 0 spiro atoms. The summed E-state index contributed by atoms with van der Waals surface area (Å²) in [7, 11) is 0. The van der Waals surface area contributed by atoms with Gasteiger partial charge in [-0.25, -0.2) is 4.98 Å². The zero-order valence-corrected chi connectivity index (χ0v) is 12.7. The van der Waals surface area contributed by atoms with Crippen molar-refractivity contribution in [3.8, 4) is 0 Å². The van der Waals surface area contributed by atoms with Crippen LogP contribution in [0.4, 0.5) is 0 Å². The summed E-state index contributed by atoms with van der Waals surface area (Å²) in [4.78, 5) is 7.46. The highest BCUT2D eigenvalue weighted by atomic mass is 32.1. The zero-order valence-electron chi connectivity index (χ0n) is 11.9. The molecule has 2 aliphatic heterocycles. The second kappa shape index (κ2) is 6.33. The summed E-state index contributed by atoms with van der Waals surface area (Å²) in [5.41, 5.74) is 1.19. The highest BCUT2D eigenvalue weighted by Gasteiger charge is 2.28. The van der Waals surface area contributed by atoms with Crippen molar-refractivity contribution in [1.82, 2.24) is 15.2 Å². The van der Waals surface area contributed by atoms with E-state index in [1.54, 1.807) is 0 Å². The van der Waals surface area contributed by atoms with Gasteiger partial charge in [0.2, 0.25) is 0 Å². The molecule has 2 fully saturated rings. The SMILES string of the molecule is Cc1csc(C2CCCCN2CC2CCNCC2)n1. The van der Waals surface area contributed by atoms with E-state index >= 15 is 0 Å². The van der Waals surface area contributed by atoms with Crippen LogP contribution in [0.2, 0.25) is 0 Å². The van der Waals surface area contributed by atoms with Gasteiger partial charge in [-0.05, 0) is 58.2 Å². The smallest absolute Gasteiger partial charge is 0.110 e.